The zero-order valence-corrected chi connectivity index (χ0v) is 14.6. The smallest absolute Gasteiger partial charge is 0.328 e. The number of amides is 1. The number of methoxy groups -OCH3 is 2. The van der Waals surface area contributed by atoms with Gasteiger partial charge >= 0.3 is 6.01 Å². The maximum absolute atomic E-state index is 12.6. The molecule has 9 heteroatoms. The van der Waals surface area contributed by atoms with Gasteiger partial charge in [0.05, 0.1) is 39.1 Å². The van der Waals surface area contributed by atoms with Crippen LogP contribution in [-0.4, -0.2) is 61.4 Å². The molecule has 26 heavy (non-hydrogen) atoms. The van der Waals surface area contributed by atoms with E-state index in [9.17, 15) is 4.79 Å². The van der Waals surface area contributed by atoms with Gasteiger partial charge in [0.1, 0.15) is 5.75 Å². The highest BCUT2D eigenvalue weighted by Gasteiger charge is 2.18. The van der Waals surface area contributed by atoms with E-state index in [-0.39, 0.29) is 11.9 Å². The maximum Gasteiger partial charge on any atom is 0.328 e. The molecule has 2 aromatic rings. The maximum atomic E-state index is 12.6. The fourth-order valence-corrected chi connectivity index (χ4v) is 2.36. The molecular formula is C17H20N4O5. The first-order chi connectivity index (χ1) is 12.7. The number of ether oxygens (including phenoxy) is 4. The molecular weight excluding hydrogens is 340 g/mol. The van der Waals surface area contributed by atoms with Crippen LogP contribution in [0.15, 0.2) is 30.3 Å². The molecule has 1 amide bonds. The van der Waals surface area contributed by atoms with Gasteiger partial charge < -0.3 is 18.9 Å². The number of aromatic nitrogens is 2. The number of nitrogens with one attached hydrogen (secondary N) is 1. The van der Waals surface area contributed by atoms with Crippen LogP contribution in [0.1, 0.15) is 10.4 Å². The summed E-state index contributed by atoms with van der Waals surface area (Å²) in [5.74, 6) is 0.634. The van der Waals surface area contributed by atoms with Gasteiger partial charge in [-0.1, -0.05) is 12.1 Å². The van der Waals surface area contributed by atoms with Gasteiger partial charge in [0.25, 0.3) is 5.91 Å². The molecule has 1 aromatic carbocycles. The number of morpholine rings is 1. The Balaban J connectivity index is 1.79. The van der Waals surface area contributed by atoms with Gasteiger partial charge in [0.2, 0.25) is 11.8 Å². The monoisotopic (exact) mass is 360 g/mol. The van der Waals surface area contributed by atoms with Crippen molar-refractivity contribution in [2.45, 2.75) is 0 Å². The van der Waals surface area contributed by atoms with Crippen LogP contribution >= 0.6 is 0 Å². The molecule has 1 N–H and O–H groups in total. The van der Waals surface area contributed by atoms with Crippen LogP contribution < -0.4 is 19.6 Å². The van der Waals surface area contributed by atoms with Crippen molar-refractivity contribution < 1.29 is 23.7 Å². The van der Waals surface area contributed by atoms with Crippen molar-refractivity contribution in [1.29, 1.82) is 0 Å². The van der Waals surface area contributed by atoms with Crippen molar-refractivity contribution in [3.63, 3.8) is 0 Å². The third kappa shape index (κ3) is 4.38. The van der Waals surface area contributed by atoms with Gasteiger partial charge in [-0.15, -0.1) is 0 Å². The Bertz CT molecular complexity index is 742. The summed E-state index contributed by atoms with van der Waals surface area (Å²) < 4.78 is 21.2. The second kappa shape index (κ2) is 8.45. The Morgan fingerprint density at radius 2 is 1.77 bits per heavy atom. The Morgan fingerprint density at radius 1 is 1.12 bits per heavy atom. The van der Waals surface area contributed by atoms with Crippen LogP contribution in [0.3, 0.4) is 0 Å². The lowest BCUT2D eigenvalue weighted by atomic mass is 10.2. The molecule has 0 aliphatic carbocycles. The van der Waals surface area contributed by atoms with Crippen molar-refractivity contribution in [2.75, 3.05) is 40.5 Å². The highest BCUT2D eigenvalue weighted by molar-refractivity contribution is 5.96. The van der Waals surface area contributed by atoms with Gasteiger partial charge in [-0.25, -0.2) is 5.01 Å². The zero-order valence-electron chi connectivity index (χ0n) is 14.6. The van der Waals surface area contributed by atoms with Crippen molar-refractivity contribution in [3.8, 4) is 23.5 Å². The van der Waals surface area contributed by atoms with Crippen molar-refractivity contribution in [2.24, 2.45) is 0 Å². The molecule has 0 saturated carbocycles. The largest absolute Gasteiger partial charge is 0.481 e. The SMILES string of the molecule is COc1cc(OC)nc(Oc2ccccc2C(=O)NN2CCOCC2)n1. The topological polar surface area (TPSA) is 95.0 Å². The Labute approximate surface area is 150 Å². The van der Waals surface area contributed by atoms with Gasteiger partial charge in [-0.3, -0.25) is 10.2 Å². The summed E-state index contributed by atoms with van der Waals surface area (Å²) in [6, 6.07) is 8.41. The number of rotatable bonds is 6. The number of carbonyl (C=O) groups is 1. The van der Waals surface area contributed by atoms with E-state index in [0.29, 0.717) is 49.4 Å². The molecule has 0 radical (unpaired) electrons. The number of hydrogen-bond acceptors (Lipinski definition) is 8. The third-order valence-electron chi connectivity index (χ3n) is 3.68. The standard InChI is InChI=1S/C17H20N4O5/c1-23-14-11-15(24-2)19-17(18-14)26-13-6-4-3-5-12(13)16(22)20-21-7-9-25-10-8-21/h3-6,11H,7-10H2,1-2H3,(H,20,22). The molecule has 9 nitrogen and oxygen atoms in total. The first kappa shape index (κ1) is 17.9. The molecule has 0 unspecified atom stereocenters. The fourth-order valence-electron chi connectivity index (χ4n) is 2.36. The van der Waals surface area contributed by atoms with Gasteiger partial charge in [0, 0.05) is 13.1 Å². The number of hydrogen-bond donors (Lipinski definition) is 1. The summed E-state index contributed by atoms with van der Waals surface area (Å²) in [4.78, 5) is 20.8. The minimum atomic E-state index is -0.280. The number of hydrazine groups is 1. The van der Waals surface area contributed by atoms with E-state index >= 15 is 0 Å². The Kier molecular flexibility index (Phi) is 5.82. The van der Waals surface area contributed by atoms with E-state index in [2.05, 4.69) is 15.4 Å². The van der Waals surface area contributed by atoms with Crippen LogP contribution in [0.25, 0.3) is 0 Å². The molecule has 0 spiro atoms. The number of para-hydroxylation sites is 1. The first-order valence-electron chi connectivity index (χ1n) is 8.07. The lowest BCUT2D eigenvalue weighted by Gasteiger charge is -2.27. The predicted molar refractivity (Wildman–Crippen MR) is 91.5 cm³/mol. The molecule has 0 atom stereocenters. The van der Waals surface area contributed by atoms with Gasteiger partial charge in [0.15, 0.2) is 0 Å². The molecule has 1 aliphatic heterocycles. The third-order valence-corrected chi connectivity index (χ3v) is 3.68. The summed E-state index contributed by atoms with van der Waals surface area (Å²) in [5.41, 5.74) is 3.22. The van der Waals surface area contributed by atoms with Crippen molar-refractivity contribution in [1.82, 2.24) is 20.4 Å². The molecule has 2 heterocycles. The quantitative estimate of drug-likeness (QED) is 0.823. The minimum Gasteiger partial charge on any atom is -0.481 e. The van der Waals surface area contributed by atoms with Crippen LogP contribution in [0.5, 0.6) is 23.5 Å². The average molecular weight is 360 g/mol. The minimum absolute atomic E-state index is 0.0211. The predicted octanol–water partition coefficient (Wildman–Crippen LogP) is 1.26. The molecule has 138 valence electrons. The summed E-state index contributed by atoms with van der Waals surface area (Å²) in [6.45, 7) is 2.42. The lowest BCUT2D eigenvalue weighted by molar-refractivity contribution is 0.0125. The molecule has 0 bridgehead atoms. The van der Waals surface area contributed by atoms with E-state index in [1.807, 2.05) is 5.01 Å². The first-order valence-corrected chi connectivity index (χ1v) is 8.07. The summed E-state index contributed by atoms with van der Waals surface area (Å²) in [5, 5.41) is 1.81. The van der Waals surface area contributed by atoms with E-state index in [1.54, 1.807) is 24.3 Å². The zero-order chi connectivity index (χ0) is 18.4. The fraction of sp³-hybridized carbons (Fsp3) is 0.353. The number of nitrogens with zero attached hydrogens (tertiary/aromatic N) is 3. The highest BCUT2D eigenvalue weighted by atomic mass is 16.5. The van der Waals surface area contributed by atoms with E-state index < -0.39 is 0 Å². The molecule has 1 aromatic heterocycles. The van der Waals surface area contributed by atoms with Crippen LogP contribution in [0, 0.1) is 0 Å². The highest BCUT2D eigenvalue weighted by Crippen LogP contribution is 2.26. The van der Waals surface area contributed by atoms with Crippen LogP contribution in [0.2, 0.25) is 0 Å². The average Bonchev–Trinajstić information content (AvgIpc) is 2.68. The Morgan fingerprint density at radius 3 is 2.42 bits per heavy atom. The van der Waals surface area contributed by atoms with E-state index in [4.69, 9.17) is 18.9 Å². The van der Waals surface area contributed by atoms with Gasteiger partial charge in [-0.2, -0.15) is 9.97 Å². The molecule has 3 rings (SSSR count). The second-order valence-corrected chi connectivity index (χ2v) is 5.37. The van der Waals surface area contributed by atoms with Gasteiger partial charge in [-0.05, 0) is 12.1 Å². The molecule has 1 fully saturated rings. The second-order valence-electron chi connectivity index (χ2n) is 5.37. The number of benzene rings is 1. The van der Waals surface area contributed by atoms with Crippen molar-refractivity contribution >= 4 is 5.91 Å². The van der Waals surface area contributed by atoms with E-state index in [1.165, 1.54) is 20.3 Å². The molecule has 1 aliphatic rings. The van der Waals surface area contributed by atoms with Crippen molar-refractivity contribution in [3.05, 3.63) is 35.9 Å². The lowest BCUT2D eigenvalue weighted by Crippen LogP contribution is -2.48. The summed E-state index contributed by atoms with van der Waals surface area (Å²) in [6.07, 6.45) is 0. The van der Waals surface area contributed by atoms with Crippen LogP contribution in [0.4, 0.5) is 0 Å². The Hall–Kier alpha value is -2.91. The summed E-state index contributed by atoms with van der Waals surface area (Å²) >= 11 is 0. The van der Waals surface area contributed by atoms with Crippen LogP contribution in [-0.2, 0) is 4.74 Å². The normalized spacial score (nSPS) is 14.5. The molecule has 1 saturated heterocycles. The number of carbonyl (C=O) groups excluding carboxylic acids is 1. The summed E-state index contributed by atoms with van der Waals surface area (Å²) in [7, 11) is 2.96. The van der Waals surface area contributed by atoms with E-state index in [0.717, 1.165) is 0 Å².